The number of fused-ring (bicyclic) bond motifs is 4. The highest BCUT2D eigenvalue weighted by molar-refractivity contribution is 5.98. The van der Waals surface area contributed by atoms with E-state index in [0.717, 1.165) is 0 Å². The van der Waals surface area contributed by atoms with Gasteiger partial charge in [0.1, 0.15) is 34.6 Å². The average molecular weight is 439 g/mol. The van der Waals surface area contributed by atoms with Gasteiger partial charge in [0.05, 0.1) is 6.04 Å². The molecule has 10 heteroatoms. The lowest BCUT2D eigenvalue weighted by atomic mass is 9.90. The number of nitrogens with zero attached hydrogens (tertiary/aromatic N) is 2. The normalized spacial score (nSPS) is 25.8. The van der Waals surface area contributed by atoms with Crippen molar-refractivity contribution in [1.29, 1.82) is 0 Å². The van der Waals surface area contributed by atoms with Crippen LogP contribution in [0.2, 0.25) is 0 Å². The predicted octanol–water partition coefficient (Wildman–Crippen LogP) is 2.81. The second-order valence-corrected chi connectivity index (χ2v) is 8.21. The van der Waals surface area contributed by atoms with Gasteiger partial charge in [-0.2, -0.15) is 0 Å². The Balaban J connectivity index is 1.58. The van der Waals surface area contributed by atoms with E-state index < -0.39 is 53.1 Å². The molecular formula is C21H21F4N3O3. The van der Waals surface area contributed by atoms with E-state index in [1.165, 1.54) is 22.9 Å². The lowest BCUT2D eigenvalue weighted by molar-refractivity contribution is -0.134. The van der Waals surface area contributed by atoms with Crippen LogP contribution in [0.4, 0.5) is 17.6 Å². The second-order valence-electron chi connectivity index (χ2n) is 8.21. The third-order valence-electron chi connectivity index (χ3n) is 6.01. The summed E-state index contributed by atoms with van der Waals surface area (Å²) in [5.74, 6) is -4.92. The highest BCUT2D eigenvalue weighted by atomic mass is 19.2. The number of carbonyl (C=O) groups excluding carboxylic acids is 2. The van der Waals surface area contributed by atoms with Crippen LogP contribution >= 0.6 is 0 Å². The maximum Gasteiger partial charge on any atom is 0.274 e. The molecule has 2 bridgehead atoms. The fourth-order valence-electron chi connectivity index (χ4n) is 4.32. The number of halogens is 4. The van der Waals surface area contributed by atoms with Gasteiger partial charge >= 0.3 is 0 Å². The molecule has 0 aromatic heterocycles. The molecule has 0 spiro atoms. The molecule has 3 heterocycles. The van der Waals surface area contributed by atoms with E-state index in [2.05, 4.69) is 5.32 Å². The van der Waals surface area contributed by atoms with Crippen molar-refractivity contribution in [2.75, 3.05) is 13.1 Å². The molecule has 3 aliphatic rings. The predicted molar refractivity (Wildman–Crippen MR) is 101 cm³/mol. The van der Waals surface area contributed by atoms with Crippen LogP contribution in [-0.4, -0.2) is 51.5 Å². The first kappa shape index (κ1) is 21.2. The van der Waals surface area contributed by atoms with Crippen molar-refractivity contribution in [1.82, 2.24) is 15.1 Å². The van der Waals surface area contributed by atoms with Crippen LogP contribution in [0.25, 0.3) is 0 Å². The van der Waals surface area contributed by atoms with Gasteiger partial charge in [0.2, 0.25) is 5.91 Å². The molecule has 2 saturated heterocycles. The number of aliphatic hydroxyl groups excluding tert-OH is 1. The Hall–Kier alpha value is -3.04. The average Bonchev–Trinajstić information content (AvgIpc) is 2.81. The summed E-state index contributed by atoms with van der Waals surface area (Å²) in [5.41, 5.74) is -2.24. The summed E-state index contributed by atoms with van der Waals surface area (Å²) in [7, 11) is 0. The van der Waals surface area contributed by atoms with Gasteiger partial charge < -0.3 is 20.2 Å². The van der Waals surface area contributed by atoms with Gasteiger partial charge in [-0.1, -0.05) is 0 Å². The lowest BCUT2D eigenvalue weighted by Crippen LogP contribution is -2.59. The molecule has 1 aromatic carbocycles. The molecule has 2 unspecified atom stereocenters. The minimum atomic E-state index is -1.67. The van der Waals surface area contributed by atoms with Gasteiger partial charge in [0.25, 0.3) is 5.91 Å². The van der Waals surface area contributed by atoms with Gasteiger partial charge in [-0.05, 0) is 19.8 Å². The molecule has 0 saturated carbocycles. The second kappa shape index (κ2) is 7.58. The van der Waals surface area contributed by atoms with Crippen molar-refractivity contribution in [2.45, 2.75) is 44.4 Å². The Labute approximate surface area is 175 Å². The Morgan fingerprint density at radius 3 is 2.65 bits per heavy atom. The molecule has 2 atom stereocenters. The lowest BCUT2D eigenvalue weighted by Gasteiger charge is -2.46. The molecule has 31 heavy (non-hydrogen) atoms. The van der Waals surface area contributed by atoms with Gasteiger partial charge in [0.15, 0.2) is 0 Å². The molecule has 0 aliphatic carbocycles. The third kappa shape index (κ3) is 3.75. The summed E-state index contributed by atoms with van der Waals surface area (Å²) in [6.45, 7) is 1.36. The number of piperazine rings is 1. The fourth-order valence-corrected chi connectivity index (χ4v) is 4.32. The zero-order valence-corrected chi connectivity index (χ0v) is 16.7. The third-order valence-corrected chi connectivity index (χ3v) is 6.01. The number of nitrogens with one attached hydrogen (secondary N) is 1. The molecule has 3 aliphatic heterocycles. The number of hydrogen-bond donors (Lipinski definition) is 2. The summed E-state index contributed by atoms with van der Waals surface area (Å²) in [4.78, 5) is 28.2. The maximum atomic E-state index is 15.3. The molecular weight excluding hydrogens is 418 g/mol. The monoisotopic (exact) mass is 439 g/mol. The first-order valence-electron chi connectivity index (χ1n) is 9.89. The maximum absolute atomic E-state index is 15.3. The fraction of sp³-hybridized carbons (Fsp3) is 0.429. The molecule has 6 nitrogen and oxygen atoms in total. The van der Waals surface area contributed by atoms with E-state index in [0.29, 0.717) is 25.1 Å². The largest absolute Gasteiger partial charge is 0.510 e. The molecule has 4 rings (SSSR count). The van der Waals surface area contributed by atoms with Gasteiger partial charge in [-0.25, -0.2) is 17.6 Å². The Morgan fingerprint density at radius 1 is 1.29 bits per heavy atom. The zero-order chi connectivity index (χ0) is 22.5. The highest BCUT2D eigenvalue weighted by Gasteiger charge is 2.49. The van der Waals surface area contributed by atoms with Crippen molar-refractivity contribution in [3.63, 3.8) is 0 Å². The van der Waals surface area contributed by atoms with E-state index >= 15 is 4.39 Å². The van der Waals surface area contributed by atoms with Crippen LogP contribution in [0, 0.1) is 17.5 Å². The quantitative estimate of drug-likeness (QED) is 0.711. The summed E-state index contributed by atoms with van der Waals surface area (Å²) < 4.78 is 56.0. The Bertz CT molecular complexity index is 998. The standard InChI is InChI=1S/C21H21F4N3O3/c1-21(25)3-2-4-27-10-17(21)28-9-11(5-16(29)18(28)20(27)31)19(30)26-8-13-14(23)6-12(22)7-15(13)24/h6-7,9,17,29H,2-5,8,10H2,1H3,(H,26,30). The van der Waals surface area contributed by atoms with Crippen LogP contribution in [0.5, 0.6) is 0 Å². The van der Waals surface area contributed by atoms with Crippen molar-refractivity contribution in [2.24, 2.45) is 0 Å². The van der Waals surface area contributed by atoms with Crippen LogP contribution in [0.15, 0.2) is 35.4 Å². The Kier molecular flexibility index (Phi) is 5.18. The summed E-state index contributed by atoms with van der Waals surface area (Å²) in [6, 6.07) is 0.217. The molecule has 0 radical (unpaired) electrons. The van der Waals surface area contributed by atoms with Crippen LogP contribution in [0.3, 0.4) is 0 Å². The number of alkyl halides is 1. The van der Waals surface area contributed by atoms with E-state index in [9.17, 15) is 27.9 Å². The minimum absolute atomic E-state index is 0.00507. The van der Waals surface area contributed by atoms with Crippen molar-refractivity contribution < 1.29 is 32.3 Å². The van der Waals surface area contributed by atoms with Gasteiger partial charge in [-0.3, -0.25) is 9.59 Å². The number of aliphatic hydroxyl groups is 1. The van der Waals surface area contributed by atoms with Gasteiger partial charge in [0, 0.05) is 55.5 Å². The molecule has 2 fully saturated rings. The SMILES string of the molecule is CC1(F)CCCN2CC1N1C=C(C(=O)NCc3c(F)cc(F)cc3F)CC(O)=C1C2=O. The summed E-state index contributed by atoms with van der Waals surface area (Å²) >= 11 is 0. The van der Waals surface area contributed by atoms with Crippen molar-refractivity contribution in [3.8, 4) is 0 Å². The smallest absolute Gasteiger partial charge is 0.274 e. The highest BCUT2D eigenvalue weighted by Crippen LogP contribution is 2.39. The van der Waals surface area contributed by atoms with Crippen LogP contribution in [-0.2, 0) is 16.1 Å². The summed E-state index contributed by atoms with van der Waals surface area (Å²) in [6.07, 6.45) is 1.71. The van der Waals surface area contributed by atoms with Crippen LogP contribution < -0.4 is 5.32 Å². The zero-order valence-electron chi connectivity index (χ0n) is 16.7. The summed E-state index contributed by atoms with van der Waals surface area (Å²) in [5, 5.41) is 12.8. The minimum Gasteiger partial charge on any atom is -0.510 e. The number of hydrogen-bond acceptors (Lipinski definition) is 4. The van der Waals surface area contributed by atoms with Crippen molar-refractivity contribution in [3.05, 3.63) is 58.4 Å². The molecule has 2 amide bonds. The number of allylic oxidation sites excluding steroid dienone is 1. The Morgan fingerprint density at radius 2 is 1.97 bits per heavy atom. The van der Waals surface area contributed by atoms with Gasteiger partial charge in [-0.15, -0.1) is 0 Å². The van der Waals surface area contributed by atoms with E-state index in [1.54, 1.807) is 0 Å². The van der Waals surface area contributed by atoms with Crippen molar-refractivity contribution >= 4 is 11.8 Å². The van der Waals surface area contributed by atoms with Crippen LogP contribution in [0.1, 0.15) is 31.7 Å². The van der Waals surface area contributed by atoms with E-state index in [-0.39, 0.29) is 36.4 Å². The topological polar surface area (TPSA) is 72.9 Å². The number of carbonyl (C=O) groups is 2. The first-order chi connectivity index (χ1) is 14.6. The molecule has 2 N–H and O–H groups in total. The first-order valence-corrected chi connectivity index (χ1v) is 9.89. The number of rotatable bonds is 3. The number of benzene rings is 1. The molecule has 1 aromatic rings. The number of amides is 2. The van der Waals surface area contributed by atoms with E-state index in [1.807, 2.05) is 0 Å². The van der Waals surface area contributed by atoms with E-state index in [4.69, 9.17) is 0 Å². The molecule has 166 valence electrons.